The fourth-order valence-corrected chi connectivity index (χ4v) is 4.28. The van der Waals surface area contributed by atoms with E-state index >= 15 is 0 Å². The second-order valence-corrected chi connectivity index (χ2v) is 7.34. The van der Waals surface area contributed by atoms with Gasteiger partial charge in [0.25, 0.3) is 0 Å². The SMILES string of the molecule is [B]C1OC(CO)C(O)C12CCCCCCCCCCCCC2. The number of aliphatic hydroxyl groups is 2. The Morgan fingerprint density at radius 1 is 0.818 bits per heavy atom. The van der Waals surface area contributed by atoms with Gasteiger partial charge in [-0.05, 0) is 12.8 Å². The molecule has 1 saturated carbocycles. The monoisotopic (exact) mass is 308 g/mol. The number of aliphatic hydroxyl groups excluding tert-OH is 2. The molecule has 1 saturated heterocycles. The average molecular weight is 308 g/mol. The first kappa shape index (κ1) is 18.3. The molecule has 2 fully saturated rings. The van der Waals surface area contributed by atoms with E-state index < -0.39 is 18.2 Å². The predicted molar refractivity (Wildman–Crippen MR) is 90.0 cm³/mol. The highest BCUT2D eigenvalue weighted by atomic mass is 16.5. The maximum Gasteiger partial charge on any atom is 0.109 e. The second kappa shape index (κ2) is 9.29. The summed E-state index contributed by atoms with van der Waals surface area (Å²) in [7, 11) is 6.24. The fraction of sp³-hybridized carbons (Fsp3) is 1.00. The molecule has 1 aliphatic carbocycles. The smallest absolute Gasteiger partial charge is 0.109 e. The molecule has 0 amide bonds. The minimum Gasteiger partial charge on any atom is -0.394 e. The molecule has 0 aromatic carbocycles. The highest BCUT2D eigenvalue weighted by Gasteiger charge is 2.51. The Balaban J connectivity index is 1.98. The lowest BCUT2D eigenvalue weighted by atomic mass is 9.64. The molecule has 0 bridgehead atoms. The van der Waals surface area contributed by atoms with Crippen LogP contribution in [-0.2, 0) is 4.74 Å². The molecule has 0 aromatic heterocycles. The Labute approximate surface area is 137 Å². The van der Waals surface area contributed by atoms with Crippen LogP contribution in [0, 0.1) is 5.41 Å². The number of ether oxygens (including phenoxy) is 1. The molecule has 2 aliphatic rings. The van der Waals surface area contributed by atoms with Crippen molar-refractivity contribution < 1.29 is 14.9 Å². The summed E-state index contributed by atoms with van der Waals surface area (Å²) in [5.41, 5.74) is -0.350. The maximum absolute atomic E-state index is 10.7. The van der Waals surface area contributed by atoms with Gasteiger partial charge in [-0.2, -0.15) is 0 Å². The second-order valence-electron chi connectivity index (χ2n) is 7.34. The summed E-state index contributed by atoms with van der Waals surface area (Å²) in [6.45, 7) is -0.142. The molecule has 0 aromatic rings. The quantitative estimate of drug-likeness (QED) is 0.731. The molecular formula is C18H33BO3. The van der Waals surface area contributed by atoms with Gasteiger partial charge in [0.05, 0.1) is 12.7 Å². The van der Waals surface area contributed by atoms with E-state index in [9.17, 15) is 10.2 Å². The molecule has 2 radical (unpaired) electrons. The summed E-state index contributed by atoms with van der Waals surface area (Å²) in [5, 5.41) is 20.1. The lowest BCUT2D eigenvalue weighted by molar-refractivity contribution is -0.0111. The maximum atomic E-state index is 10.7. The van der Waals surface area contributed by atoms with Gasteiger partial charge in [0.2, 0.25) is 0 Å². The van der Waals surface area contributed by atoms with Crippen molar-refractivity contribution in [3.8, 4) is 0 Å². The molecule has 126 valence electrons. The Morgan fingerprint density at radius 2 is 1.23 bits per heavy atom. The Morgan fingerprint density at radius 3 is 1.59 bits per heavy atom. The first-order chi connectivity index (χ1) is 10.7. The standard InChI is InChI=1S/C18H33BO3/c19-17-18(16(21)15(14-20)22-17)12-10-8-6-4-2-1-3-5-7-9-11-13-18/h15-17,20-21H,1-14H2. The molecule has 1 aliphatic heterocycles. The zero-order chi connectivity index (χ0) is 15.8. The van der Waals surface area contributed by atoms with Crippen LogP contribution in [0.1, 0.15) is 83.5 Å². The summed E-state index contributed by atoms with van der Waals surface area (Å²) in [5.74, 6) is 0. The first-order valence-electron chi connectivity index (χ1n) is 9.41. The van der Waals surface area contributed by atoms with Gasteiger partial charge in [0.1, 0.15) is 14.0 Å². The fourth-order valence-electron chi connectivity index (χ4n) is 4.28. The minimum absolute atomic E-state index is 0.142. The molecule has 4 heteroatoms. The molecule has 1 spiro atoms. The molecule has 3 atom stereocenters. The van der Waals surface area contributed by atoms with Gasteiger partial charge in [-0.1, -0.05) is 70.6 Å². The van der Waals surface area contributed by atoms with Gasteiger partial charge >= 0.3 is 0 Å². The van der Waals surface area contributed by atoms with Crippen LogP contribution < -0.4 is 0 Å². The normalized spacial score (nSPS) is 35.3. The molecular weight excluding hydrogens is 275 g/mol. The van der Waals surface area contributed by atoms with Crippen molar-refractivity contribution in [2.75, 3.05) is 6.61 Å². The van der Waals surface area contributed by atoms with E-state index in [1.54, 1.807) is 0 Å². The number of hydrogen-bond acceptors (Lipinski definition) is 3. The van der Waals surface area contributed by atoms with E-state index in [0.717, 1.165) is 25.7 Å². The Bertz CT molecular complexity index is 297. The van der Waals surface area contributed by atoms with E-state index in [0.29, 0.717) is 0 Å². The van der Waals surface area contributed by atoms with Crippen LogP contribution >= 0.6 is 0 Å². The van der Waals surface area contributed by atoms with E-state index in [1.807, 2.05) is 0 Å². The summed E-state index contributed by atoms with van der Waals surface area (Å²) in [6.07, 6.45) is 14.7. The van der Waals surface area contributed by atoms with Crippen molar-refractivity contribution in [3.05, 3.63) is 0 Å². The van der Waals surface area contributed by atoms with Crippen LogP contribution in [-0.4, -0.2) is 42.9 Å². The highest BCUT2D eigenvalue weighted by Crippen LogP contribution is 2.46. The van der Waals surface area contributed by atoms with Crippen LogP contribution in [0.3, 0.4) is 0 Å². The van der Waals surface area contributed by atoms with E-state index in [4.69, 9.17) is 12.6 Å². The lowest BCUT2D eigenvalue weighted by Gasteiger charge is -2.36. The highest BCUT2D eigenvalue weighted by molar-refractivity contribution is 6.11. The van der Waals surface area contributed by atoms with Gasteiger partial charge in [-0.25, -0.2) is 0 Å². The van der Waals surface area contributed by atoms with E-state index in [-0.39, 0.29) is 12.0 Å². The van der Waals surface area contributed by atoms with Crippen molar-refractivity contribution in [3.63, 3.8) is 0 Å². The van der Waals surface area contributed by atoms with Crippen molar-refractivity contribution in [1.82, 2.24) is 0 Å². The van der Waals surface area contributed by atoms with Gasteiger partial charge in [0.15, 0.2) is 0 Å². The third-order valence-corrected chi connectivity index (χ3v) is 5.79. The molecule has 3 unspecified atom stereocenters. The Kier molecular flexibility index (Phi) is 7.72. The van der Waals surface area contributed by atoms with Crippen molar-refractivity contribution >= 4 is 7.85 Å². The number of hydrogen-bond donors (Lipinski definition) is 2. The van der Waals surface area contributed by atoms with Gasteiger partial charge in [0, 0.05) is 11.4 Å². The molecule has 1 heterocycles. The van der Waals surface area contributed by atoms with Crippen molar-refractivity contribution in [2.45, 2.75) is 102 Å². The average Bonchev–Trinajstić information content (AvgIpc) is 2.76. The van der Waals surface area contributed by atoms with Crippen LogP contribution in [0.2, 0.25) is 0 Å². The zero-order valence-corrected chi connectivity index (χ0v) is 14.0. The minimum atomic E-state index is -0.625. The van der Waals surface area contributed by atoms with Crippen molar-refractivity contribution in [2.24, 2.45) is 5.41 Å². The van der Waals surface area contributed by atoms with Gasteiger partial charge in [-0.3, -0.25) is 0 Å². The third kappa shape index (κ3) is 4.49. The third-order valence-electron chi connectivity index (χ3n) is 5.79. The van der Waals surface area contributed by atoms with Gasteiger partial charge in [-0.15, -0.1) is 0 Å². The molecule has 22 heavy (non-hydrogen) atoms. The predicted octanol–water partition coefficient (Wildman–Crippen LogP) is 3.30. The van der Waals surface area contributed by atoms with Gasteiger partial charge < -0.3 is 14.9 Å². The largest absolute Gasteiger partial charge is 0.394 e. The van der Waals surface area contributed by atoms with Crippen molar-refractivity contribution in [1.29, 1.82) is 0 Å². The summed E-state index contributed by atoms with van der Waals surface area (Å²) >= 11 is 0. The molecule has 3 nitrogen and oxygen atoms in total. The van der Waals surface area contributed by atoms with E-state index in [2.05, 4.69) is 0 Å². The van der Waals surface area contributed by atoms with Crippen LogP contribution in [0.25, 0.3) is 0 Å². The zero-order valence-electron chi connectivity index (χ0n) is 14.0. The topological polar surface area (TPSA) is 49.7 Å². The first-order valence-corrected chi connectivity index (χ1v) is 9.41. The molecule has 2 rings (SSSR count). The van der Waals surface area contributed by atoms with Crippen LogP contribution in [0.4, 0.5) is 0 Å². The lowest BCUT2D eigenvalue weighted by Crippen LogP contribution is -2.42. The molecule has 2 N–H and O–H groups in total. The summed E-state index contributed by atoms with van der Waals surface area (Å²) in [6, 6.07) is -0.437. The van der Waals surface area contributed by atoms with E-state index in [1.165, 1.54) is 57.8 Å². The number of rotatable bonds is 1. The summed E-state index contributed by atoms with van der Waals surface area (Å²) in [4.78, 5) is 0. The van der Waals surface area contributed by atoms with Crippen LogP contribution in [0.5, 0.6) is 0 Å². The summed E-state index contributed by atoms with van der Waals surface area (Å²) < 4.78 is 5.66. The Hall–Kier alpha value is -0.0551. The van der Waals surface area contributed by atoms with Crippen LogP contribution in [0.15, 0.2) is 0 Å².